The van der Waals surface area contributed by atoms with E-state index >= 15 is 0 Å². The van der Waals surface area contributed by atoms with E-state index in [0.717, 1.165) is 16.5 Å². The van der Waals surface area contributed by atoms with Crippen molar-refractivity contribution < 1.29 is 14.9 Å². The number of fused-ring (bicyclic) bond motifs is 1. The summed E-state index contributed by atoms with van der Waals surface area (Å²) in [5.74, 6) is -0.000841. The first kappa shape index (κ1) is 16.9. The lowest BCUT2D eigenvalue weighted by molar-refractivity contribution is -0.679. The van der Waals surface area contributed by atoms with Crippen molar-refractivity contribution in [2.45, 2.75) is 13.0 Å². The highest BCUT2D eigenvalue weighted by molar-refractivity contribution is 6.09. The molecular weight excluding hydrogens is 314 g/mol. The molecule has 3 rings (SSSR count). The molecule has 0 spiro atoms. The molecule has 1 aromatic heterocycles. The number of ketones is 1. The van der Waals surface area contributed by atoms with Gasteiger partial charge in [0.05, 0.1) is 13.1 Å². The van der Waals surface area contributed by atoms with Crippen molar-refractivity contribution >= 4 is 22.6 Å². The Hall–Kier alpha value is -2.92. The first-order chi connectivity index (χ1) is 12.2. The molecule has 1 heterocycles. The van der Waals surface area contributed by atoms with Crippen LogP contribution in [0.25, 0.3) is 10.9 Å². The Labute approximate surface area is 146 Å². The van der Waals surface area contributed by atoms with Crippen LogP contribution in [0, 0.1) is 0 Å². The second kappa shape index (κ2) is 7.77. The molecule has 0 unspecified atom stereocenters. The number of rotatable bonds is 7. The second-order valence-electron chi connectivity index (χ2n) is 6.01. The van der Waals surface area contributed by atoms with Crippen LogP contribution >= 0.6 is 0 Å². The molecule has 128 valence electrons. The van der Waals surface area contributed by atoms with Crippen molar-refractivity contribution in [1.82, 2.24) is 10.3 Å². The number of nitrogens with one attached hydrogen (secondary N) is 2. The Kier molecular flexibility index (Phi) is 5.26. The van der Waals surface area contributed by atoms with Gasteiger partial charge in [-0.3, -0.25) is 9.59 Å². The number of aromatic nitrogens is 1. The molecule has 5 nitrogen and oxygen atoms in total. The van der Waals surface area contributed by atoms with E-state index < -0.39 is 0 Å². The molecule has 0 aliphatic heterocycles. The Morgan fingerprint density at radius 1 is 1.08 bits per heavy atom. The zero-order chi connectivity index (χ0) is 17.6. The zero-order valence-corrected chi connectivity index (χ0v) is 14.2. The fourth-order valence-corrected chi connectivity index (χ4v) is 3.00. The van der Waals surface area contributed by atoms with Gasteiger partial charge in [-0.2, -0.15) is 0 Å². The maximum absolute atomic E-state index is 13.2. The maximum Gasteiger partial charge on any atom is 0.226 e. The monoisotopic (exact) mass is 336 g/mol. The maximum atomic E-state index is 13.2. The number of nitrogens with two attached hydrogens (primary N) is 1. The van der Waals surface area contributed by atoms with Crippen molar-refractivity contribution in [2.75, 3.05) is 13.1 Å². The van der Waals surface area contributed by atoms with Gasteiger partial charge < -0.3 is 15.6 Å². The van der Waals surface area contributed by atoms with Gasteiger partial charge >= 0.3 is 0 Å². The van der Waals surface area contributed by atoms with Crippen LogP contribution in [-0.4, -0.2) is 29.8 Å². The summed E-state index contributed by atoms with van der Waals surface area (Å²) < 4.78 is 0. The molecule has 1 atom stereocenters. The number of Topliss-reactive ketones (excluding diaryl/α,β-unsaturated/α-hetero) is 1. The largest absolute Gasteiger partial charge is 0.360 e. The summed E-state index contributed by atoms with van der Waals surface area (Å²) >= 11 is 0. The van der Waals surface area contributed by atoms with Crippen LogP contribution in [-0.2, 0) is 4.79 Å². The topological polar surface area (TPSA) is 78.6 Å². The lowest BCUT2D eigenvalue weighted by Crippen LogP contribution is -2.88. The molecule has 0 fully saturated rings. The zero-order valence-electron chi connectivity index (χ0n) is 14.2. The summed E-state index contributed by atoms with van der Waals surface area (Å²) in [7, 11) is 0. The fraction of sp³-hybridized carbons (Fsp3) is 0.200. The van der Waals surface area contributed by atoms with E-state index in [9.17, 15) is 9.59 Å². The average molecular weight is 336 g/mol. The quantitative estimate of drug-likeness (QED) is 0.454. The van der Waals surface area contributed by atoms with Gasteiger partial charge in [0.15, 0.2) is 6.04 Å². The van der Waals surface area contributed by atoms with Gasteiger partial charge in [0.1, 0.15) is 0 Å². The lowest BCUT2D eigenvalue weighted by Gasteiger charge is -2.15. The number of carbonyl (C=O) groups is 2. The number of H-pyrrole nitrogens is 1. The van der Waals surface area contributed by atoms with E-state index in [0.29, 0.717) is 18.7 Å². The van der Waals surface area contributed by atoms with Gasteiger partial charge in [-0.25, -0.2) is 0 Å². The third-order valence-corrected chi connectivity index (χ3v) is 4.22. The summed E-state index contributed by atoms with van der Waals surface area (Å²) in [5, 5.41) is 5.68. The first-order valence-corrected chi connectivity index (χ1v) is 8.40. The molecule has 0 saturated heterocycles. The van der Waals surface area contributed by atoms with Gasteiger partial charge in [0.25, 0.3) is 0 Å². The number of amides is 1. The van der Waals surface area contributed by atoms with Crippen LogP contribution in [0.4, 0.5) is 0 Å². The molecule has 25 heavy (non-hydrogen) atoms. The lowest BCUT2D eigenvalue weighted by atomic mass is 9.97. The SMILES string of the molecule is CC(=O)NCC[NH2+][C@H](C(=O)c1c[nH]c2ccccc12)c1ccccc1. The molecule has 2 aromatic carbocycles. The van der Waals surface area contributed by atoms with Crippen LogP contribution in [0.2, 0.25) is 0 Å². The molecule has 0 radical (unpaired) electrons. The number of aromatic amines is 1. The number of hydrogen-bond donors (Lipinski definition) is 3. The summed E-state index contributed by atoms with van der Waals surface area (Å²) in [6.07, 6.45) is 1.78. The van der Waals surface area contributed by atoms with Crippen LogP contribution in [0.5, 0.6) is 0 Å². The highest BCUT2D eigenvalue weighted by atomic mass is 16.1. The Bertz CT molecular complexity index is 871. The molecule has 0 aliphatic rings. The van der Waals surface area contributed by atoms with Gasteiger partial charge in [0, 0.05) is 35.2 Å². The van der Waals surface area contributed by atoms with E-state index in [1.807, 2.05) is 59.9 Å². The minimum Gasteiger partial charge on any atom is -0.360 e. The van der Waals surface area contributed by atoms with Crippen LogP contribution < -0.4 is 10.6 Å². The third-order valence-electron chi connectivity index (χ3n) is 4.22. The number of quaternary nitrogens is 1. The van der Waals surface area contributed by atoms with Crippen LogP contribution in [0.1, 0.15) is 28.9 Å². The normalized spacial score (nSPS) is 12.0. The number of carbonyl (C=O) groups excluding carboxylic acids is 2. The fourth-order valence-electron chi connectivity index (χ4n) is 3.00. The molecule has 0 bridgehead atoms. The molecule has 0 aliphatic carbocycles. The Balaban J connectivity index is 1.85. The number of para-hydroxylation sites is 1. The molecule has 4 N–H and O–H groups in total. The standard InChI is InChI=1S/C20H21N3O2/c1-14(24)21-11-12-22-19(15-7-3-2-4-8-15)20(25)17-13-23-18-10-6-5-9-16(17)18/h2-10,13,19,22-23H,11-12H2,1H3,(H,21,24)/p+1/t19-/m0/s1. The van der Waals surface area contributed by atoms with Crippen LogP contribution in [0.3, 0.4) is 0 Å². The van der Waals surface area contributed by atoms with Gasteiger partial charge in [0.2, 0.25) is 11.7 Å². The number of benzene rings is 2. The minimum absolute atomic E-state index is 0.0616. The summed E-state index contributed by atoms with van der Waals surface area (Å²) in [4.78, 5) is 27.4. The van der Waals surface area contributed by atoms with E-state index in [1.54, 1.807) is 6.20 Å². The highest BCUT2D eigenvalue weighted by Gasteiger charge is 2.27. The Morgan fingerprint density at radius 2 is 1.80 bits per heavy atom. The van der Waals surface area contributed by atoms with Crippen molar-refractivity contribution in [3.63, 3.8) is 0 Å². The number of hydrogen-bond acceptors (Lipinski definition) is 2. The summed E-state index contributed by atoms with van der Waals surface area (Å²) in [6.45, 7) is 2.65. The second-order valence-corrected chi connectivity index (χ2v) is 6.01. The van der Waals surface area contributed by atoms with E-state index in [4.69, 9.17) is 0 Å². The van der Waals surface area contributed by atoms with Gasteiger partial charge in [-0.1, -0.05) is 48.5 Å². The van der Waals surface area contributed by atoms with E-state index in [1.165, 1.54) is 6.92 Å². The molecule has 3 aromatic rings. The summed E-state index contributed by atoms with van der Waals surface area (Å²) in [6, 6.07) is 17.2. The van der Waals surface area contributed by atoms with Crippen molar-refractivity contribution in [3.8, 4) is 0 Å². The third kappa shape index (κ3) is 3.95. The predicted molar refractivity (Wildman–Crippen MR) is 97.3 cm³/mol. The average Bonchev–Trinajstić information content (AvgIpc) is 3.06. The van der Waals surface area contributed by atoms with E-state index in [2.05, 4.69) is 10.3 Å². The van der Waals surface area contributed by atoms with Gasteiger partial charge in [-0.15, -0.1) is 0 Å². The first-order valence-electron chi connectivity index (χ1n) is 8.40. The smallest absolute Gasteiger partial charge is 0.226 e. The minimum atomic E-state index is -0.339. The van der Waals surface area contributed by atoms with Gasteiger partial charge in [-0.05, 0) is 6.07 Å². The predicted octanol–water partition coefficient (Wildman–Crippen LogP) is 1.79. The van der Waals surface area contributed by atoms with Crippen LogP contribution in [0.15, 0.2) is 60.8 Å². The summed E-state index contributed by atoms with van der Waals surface area (Å²) in [5.41, 5.74) is 2.61. The molecule has 0 saturated carbocycles. The van der Waals surface area contributed by atoms with E-state index in [-0.39, 0.29) is 17.7 Å². The molecule has 1 amide bonds. The molecular formula is C20H22N3O2+. The van der Waals surface area contributed by atoms with Crippen molar-refractivity contribution in [1.29, 1.82) is 0 Å². The Morgan fingerprint density at radius 3 is 2.56 bits per heavy atom. The van der Waals surface area contributed by atoms with Crippen molar-refractivity contribution in [2.24, 2.45) is 0 Å². The highest BCUT2D eigenvalue weighted by Crippen LogP contribution is 2.22. The van der Waals surface area contributed by atoms with Crippen molar-refractivity contribution in [3.05, 3.63) is 71.9 Å². The molecule has 5 heteroatoms.